The van der Waals surface area contributed by atoms with Crippen molar-refractivity contribution in [2.75, 3.05) is 0 Å². The van der Waals surface area contributed by atoms with Gasteiger partial charge in [0.05, 0.1) is 12.8 Å². The second-order valence-corrected chi connectivity index (χ2v) is 4.27. The SMILES string of the molecule is N#C/C(=C\c1ccsc1)C(=O)NCc1ccco1. The van der Waals surface area contributed by atoms with Crippen LogP contribution in [0.15, 0.2) is 45.2 Å². The van der Waals surface area contributed by atoms with Gasteiger partial charge in [-0.1, -0.05) is 0 Å². The third kappa shape index (κ3) is 3.09. The summed E-state index contributed by atoms with van der Waals surface area (Å²) in [6.07, 6.45) is 3.10. The zero-order valence-electron chi connectivity index (χ0n) is 9.42. The normalized spacial score (nSPS) is 10.9. The predicted molar refractivity (Wildman–Crippen MR) is 68.5 cm³/mol. The molecule has 0 aliphatic carbocycles. The lowest BCUT2D eigenvalue weighted by Gasteiger charge is -2.01. The Morgan fingerprint density at radius 1 is 1.56 bits per heavy atom. The van der Waals surface area contributed by atoms with Gasteiger partial charge in [0, 0.05) is 0 Å². The van der Waals surface area contributed by atoms with Crippen LogP contribution in [0.25, 0.3) is 6.08 Å². The number of nitriles is 1. The Morgan fingerprint density at radius 2 is 2.44 bits per heavy atom. The summed E-state index contributed by atoms with van der Waals surface area (Å²) in [6, 6.07) is 7.25. The van der Waals surface area contributed by atoms with Gasteiger partial charge in [-0.15, -0.1) is 0 Å². The molecule has 0 fully saturated rings. The predicted octanol–water partition coefficient (Wildman–Crippen LogP) is 2.56. The molecule has 0 aromatic carbocycles. The molecule has 2 aromatic heterocycles. The lowest BCUT2D eigenvalue weighted by atomic mass is 10.2. The van der Waals surface area contributed by atoms with E-state index in [2.05, 4.69) is 5.32 Å². The fraction of sp³-hybridized carbons (Fsp3) is 0.0769. The fourth-order valence-corrected chi connectivity index (χ4v) is 1.97. The van der Waals surface area contributed by atoms with E-state index in [1.807, 2.05) is 22.9 Å². The van der Waals surface area contributed by atoms with Crippen LogP contribution in [0.2, 0.25) is 0 Å². The maximum atomic E-state index is 11.8. The average molecular weight is 258 g/mol. The van der Waals surface area contributed by atoms with Crippen molar-refractivity contribution in [3.8, 4) is 6.07 Å². The van der Waals surface area contributed by atoms with Gasteiger partial charge >= 0.3 is 0 Å². The van der Waals surface area contributed by atoms with E-state index in [9.17, 15) is 4.79 Å². The summed E-state index contributed by atoms with van der Waals surface area (Å²) in [5, 5.41) is 15.3. The molecule has 0 atom stereocenters. The minimum absolute atomic E-state index is 0.0833. The zero-order valence-corrected chi connectivity index (χ0v) is 10.2. The summed E-state index contributed by atoms with van der Waals surface area (Å²) in [6.45, 7) is 0.272. The van der Waals surface area contributed by atoms with Crippen molar-refractivity contribution in [3.05, 3.63) is 52.1 Å². The molecule has 0 bridgehead atoms. The highest BCUT2D eigenvalue weighted by Gasteiger charge is 2.09. The molecule has 0 spiro atoms. The Balaban J connectivity index is 2.00. The number of carbonyl (C=O) groups excluding carboxylic acids is 1. The smallest absolute Gasteiger partial charge is 0.262 e. The number of hydrogen-bond acceptors (Lipinski definition) is 4. The van der Waals surface area contributed by atoms with Crippen LogP contribution in [0.5, 0.6) is 0 Å². The minimum atomic E-state index is -0.403. The van der Waals surface area contributed by atoms with Crippen LogP contribution in [-0.2, 0) is 11.3 Å². The van der Waals surface area contributed by atoms with Crippen molar-refractivity contribution < 1.29 is 9.21 Å². The Hall–Kier alpha value is -2.32. The van der Waals surface area contributed by atoms with E-state index in [1.54, 1.807) is 18.2 Å². The lowest BCUT2D eigenvalue weighted by Crippen LogP contribution is -2.23. The van der Waals surface area contributed by atoms with Crippen LogP contribution in [-0.4, -0.2) is 5.91 Å². The van der Waals surface area contributed by atoms with Gasteiger partial charge in [-0.05, 0) is 40.6 Å². The Labute approximate surface area is 108 Å². The second-order valence-electron chi connectivity index (χ2n) is 3.49. The molecule has 1 amide bonds. The highest BCUT2D eigenvalue weighted by Crippen LogP contribution is 2.11. The standard InChI is InChI=1S/C13H10N2O2S/c14-7-11(6-10-3-5-18-9-10)13(16)15-8-12-2-1-4-17-12/h1-6,9H,8H2,(H,15,16)/b11-6+. The van der Waals surface area contributed by atoms with Crippen molar-refractivity contribution in [2.24, 2.45) is 0 Å². The molecule has 2 rings (SSSR count). The molecule has 0 saturated heterocycles. The fourth-order valence-electron chi connectivity index (χ4n) is 1.35. The number of rotatable bonds is 4. The molecule has 0 radical (unpaired) electrons. The number of thiophene rings is 1. The summed E-state index contributed by atoms with van der Waals surface area (Å²) in [7, 11) is 0. The van der Waals surface area contributed by atoms with Crippen LogP contribution in [0.3, 0.4) is 0 Å². The Morgan fingerprint density at radius 3 is 3.06 bits per heavy atom. The Kier molecular flexibility index (Phi) is 3.94. The van der Waals surface area contributed by atoms with Gasteiger partial charge in [0.2, 0.25) is 0 Å². The molecule has 5 heteroatoms. The first kappa shape index (κ1) is 12.1. The summed E-state index contributed by atoms with van der Waals surface area (Å²) in [4.78, 5) is 11.8. The van der Waals surface area contributed by atoms with E-state index in [0.717, 1.165) is 5.56 Å². The van der Waals surface area contributed by atoms with Crippen molar-refractivity contribution in [1.29, 1.82) is 5.26 Å². The molecule has 4 nitrogen and oxygen atoms in total. The number of nitrogens with zero attached hydrogens (tertiary/aromatic N) is 1. The molecule has 90 valence electrons. The van der Waals surface area contributed by atoms with Gasteiger partial charge in [-0.2, -0.15) is 16.6 Å². The van der Waals surface area contributed by atoms with E-state index in [-0.39, 0.29) is 12.1 Å². The first-order valence-electron chi connectivity index (χ1n) is 5.24. The van der Waals surface area contributed by atoms with Crippen molar-refractivity contribution in [1.82, 2.24) is 5.32 Å². The molecular formula is C13H10N2O2S. The van der Waals surface area contributed by atoms with Gasteiger partial charge in [0.15, 0.2) is 0 Å². The number of carbonyl (C=O) groups is 1. The highest BCUT2D eigenvalue weighted by atomic mass is 32.1. The molecule has 18 heavy (non-hydrogen) atoms. The van der Waals surface area contributed by atoms with Crippen molar-refractivity contribution >= 4 is 23.3 Å². The molecule has 2 aromatic rings. The summed E-state index contributed by atoms with van der Waals surface area (Å²) >= 11 is 1.51. The summed E-state index contributed by atoms with van der Waals surface area (Å²) in [5.74, 6) is 0.247. The van der Waals surface area contributed by atoms with Crippen molar-refractivity contribution in [2.45, 2.75) is 6.54 Å². The monoisotopic (exact) mass is 258 g/mol. The van der Waals surface area contributed by atoms with Crippen LogP contribution in [0, 0.1) is 11.3 Å². The first-order valence-corrected chi connectivity index (χ1v) is 6.18. The summed E-state index contributed by atoms with van der Waals surface area (Å²) < 4.78 is 5.09. The molecule has 0 aliphatic rings. The van der Waals surface area contributed by atoms with Crippen LogP contribution < -0.4 is 5.32 Å². The number of furan rings is 1. The maximum absolute atomic E-state index is 11.8. The quantitative estimate of drug-likeness (QED) is 0.677. The molecule has 0 saturated carbocycles. The topological polar surface area (TPSA) is 66.0 Å². The molecule has 1 N–H and O–H groups in total. The largest absolute Gasteiger partial charge is 0.467 e. The molecule has 0 aliphatic heterocycles. The van der Waals surface area contributed by atoms with Gasteiger partial charge < -0.3 is 9.73 Å². The van der Waals surface area contributed by atoms with Gasteiger partial charge in [-0.3, -0.25) is 4.79 Å². The third-order valence-electron chi connectivity index (χ3n) is 2.22. The minimum Gasteiger partial charge on any atom is -0.467 e. The van der Waals surface area contributed by atoms with Gasteiger partial charge in [0.25, 0.3) is 5.91 Å². The van der Waals surface area contributed by atoms with Crippen LogP contribution in [0.4, 0.5) is 0 Å². The van der Waals surface area contributed by atoms with E-state index in [1.165, 1.54) is 17.6 Å². The van der Waals surface area contributed by atoms with E-state index < -0.39 is 5.91 Å². The number of amides is 1. The maximum Gasteiger partial charge on any atom is 0.262 e. The molecule has 2 heterocycles. The van der Waals surface area contributed by atoms with E-state index >= 15 is 0 Å². The number of hydrogen-bond donors (Lipinski definition) is 1. The third-order valence-corrected chi connectivity index (χ3v) is 2.92. The van der Waals surface area contributed by atoms with Crippen molar-refractivity contribution in [3.63, 3.8) is 0 Å². The average Bonchev–Trinajstić information content (AvgIpc) is 3.06. The van der Waals surface area contributed by atoms with E-state index in [0.29, 0.717) is 5.76 Å². The Bertz CT molecular complexity index is 577. The summed E-state index contributed by atoms with van der Waals surface area (Å²) in [5.41, 5.74) is 0.935. The van der Waals surface area contributed by atoms with E-state index in [4.69, 9.17) is 9.68 Å². The lowest BCUT2D eigenvalue weighted by molar-refractivity contribution is -0.117. The highest BCUT2D eigenvalue weighted by molar-refractivity contribution is 7.08. The first-order chi connectivity index (χ1) is 8.79. The van der Waals surface area contributed by atoms with Crippen LogP contribution >= 0.6 is 11.3 Å². The second kappa shape index (κ2) is 5.84. The molecular weight excluding hydrogens is 248 g/mol. The van der Waals surface area contributed by atoms with Crippen LogP contribution in [0.1, 0.15) is 11.3 Å². The number of nitrogens with one attached hydrogen (secondary N) is 1. The molecule has 0 unspecified atom stereocenters. The zero-order chi connectivity index (χ0) is 12.8. The van der Waals surface area contributed by atoms with Gasteiger partial charge in [0.1, 0.15) is 17.4 Å². The van der Waals surface area contributed by atoms with Gasteiger partial charge in [-0.25, -0.2) is 0 Å².